The number of alkyl halides is 3. The van der Waals surface area contributed by atoms with Crippen LogP contribution in [0.2, 0.25) is 0 Å². The van der Waals surface area contributed by atoms with E-state index in [0.29, 0.717) is 17.0 Å². The summed E-state index contributed by atoms with van der Waals surface area (Å²) in [5, 5.41) is 6.71. The highest BCUT2D eigenvalue weighted by molar-refractivity contribution is 7.15. The highest BCUT2D eigenvalue weighted by Gasteiger charge is 2.40. The first-order valence-electron chi connectivity index (χ1n) is 8.41. The standard InChI is InChI=1S/C18H17F3N2O2S/c19-18(20,21)11-3-1-2-4-14(11)25-16-8-7-15(26-16)17(24)23-13-9-10-5-6-12(13)22-10/h1-4,7-8,10,12-13,22H,5-6,9H2,(H,23,24). The zero-order chi connectivity index (χ0) is 18.3. The molecule has 1 aromatic carbocycles. The molecule has 1 amide bonds. The summed E-state index contributed by atoms with van der Waals surface area (Å²) in [6.07, 6.45) is -1.37. The molecule has 2 fully saturated rings. The van der Waals surface area contributed by atoms with Crippen molar-refractivity contribution < 1.29 is 22.7 Å². The third-order valence-corrected chi connectivity index (χ3v) is 5.79. The Labute approximate surface area is 152 Å². The normalized spacial score (nSPS) is 24.7. The summed E-state index contributed by atoms with van der Waals surface area (Å²) in [5.74, 6) is -0.487. The maximum absolute atomic E-state index is 13.0. The van der Waals surface area contributed by atoms with Crippen LogP contribution < -0.4 is 15.4 Å². The van der Waals surface area contributed by atoms with Gasteiger partial charge >= 0.3 is 6.18 Å². The van der Waals surface area contributed by atoms with Crippen molar-refractivity contribution in [3.8, 4) is 10.8 Å². The maximum Gasteiger partial charge on any atom is 0.419 e. The van der Waals surface area contributed by atoms with Crippen LogP contribution in [0.15, 0.2) is 36.4 Å². The lowest BCUT2D eigenvalue weighted by Gasteiger charge is -2.20. The van der Waals surface area contributed by atoms with Crippen LogP contribution in [0.3, 0.4) is 0 Å². The van der Waals surface area contributed by atoms with Gasteiger partial charge < -0.3 is 15.4 Å². The summed E-state index contributed by atoms with van der Waals surface area (Å²) in [5.41, 5.74) is -0.840. The molecular formula is C18H17F3N2O2S. The van der Waals surface area contributed by atoms with E-state index in [0.717, 1.165) is 36.7 Å². The zero-order valence-corrected chi connectivity index (χ0v) is 14.5. The van der Waals surface area contributed by atoms with Gasteiger partial charge in [0.15, 0.2) is 5.06 Å². The number of nitrogens with one attached hydrogen (secondary N) is 2. The van der Waals surface area contributed by atoms with Crippen molar-refractivity contribution in [2.24, 2.45) is 0 Å². The molecule has 3 heterocycles. The van der Waals surface area contributed by atoms with Gasteiger partial charge in [-0.3, -0.25) is 4.79 Å². The summed E-state index contributed by atoms with van der Waals surface area (Å²) in [6.45, 7) is 0. The van der Waals surface area contributed by atoms with Crippen LogP contribution in [0.1, 0.15) is 34.5 Å². The van der Waals surface area contributed by atoms with Crippen LogP contribution in [0, 0.1) is 0 Å². The van der Waals surface area contributed by atoms with Crippen LogP contribution in [-0.2, 0) is 6.18 Å². The van der Waals surface area contributed by atoms with E-state index in [9.17, 15) is 18.0 Å². The molecule has 8 heteroatoms. The number of carbonyl (C=O) groups is 1. The molecule has 4 rings (SSSR count). The monoisotopic (exact) mass is 382 g/mol. The average Bonchev–Trinajstić information content (AvgIpc) is 3.31. The highest BCUT2D eigenvalue weighted by atomic mass is 32.1. The number of halogens is 3. The van der Waals surface area contributed by atoms with Gasteiger partial charge in [0.25, 0.3) is 5.91 Å². The lowest BCUT2D eigenvalue weighted by molar-refractivity contribution is -0.138. The van der Waals surface area contributed by atoms with Gasteiger partial charge in [-0.05, 0) is 43.5 Å². The molecule has 26 heavy (non-hydrogen) atoms. The highest BCUT2D eigenvalue weighted by Crippen LogP contribution is 2.39. The summed E-state index contributed by atoms with van der Waals surface area (Å²) in [6, 6.07) is 9.03. The van der Waals surface area contributed by atoms with Gasteiger partial charge in [0.2, 0.25) is 0 Å². The molecule has 2 aromatic rings. The molecule has 2 saturated heterocycles. The molecule has 4 nitrogen and oxygen atoms in total. The van der Waals surface area contributed by atoms with Crippen LogP contribution in [0.25, 0.3) is 0 Å². The second kappa shape index (κ2) is 6.59. The van der Waals surface area contributed by atoms with Gasteiger partial charge in [-0.2, -0.15) is 13.2 Å². The topological polar surface area (TPSA) is 50.4 Å². The molecule has 2 bridgehead atoms. The number of amides is 1. The first-order valence-corrected chi connectivity index (χ1v) is 9.22. The van der Waals surface area contributed by atoms with Crippen LogP contribution >= 0.6 is 11.3 Å². The van der Waals surface area contributed by atoms with E-state index in [-0.39, 0.29) is 22.8 Å². The van der Waals surface area contributed by atoms with Gasteiger partial charge in [-0.15, -0.1) is 0 Å². The quantitative estimate of drug-likeness (QED) is 0.834. The fourth-order valence-electron chi connectivity index (χ4n) is 3.62. The molecule has 2 aliphatic heterocycles. The third-order valence-electron chi connectivity index (χ3n) is 4.82. The number of rotatable bonds is 4. The lowest BCUT2D eigenvalue weighted by Crippen LogP contribution is -2.42. The van der Waals surface area contributed by atoms with Crippen LogP contribution in [0.4, 0.5) is 13.2 Å². The third kappa shape index (κ3) is 3.43. The number of hydrogen-bond donors (Lipinski definition) is 2. The van der Waals surface area contributed by atoms with E-state index in [1.165, 1.54) is 24.3 Å². The zero-order valence-electron chi connectivity index (χ0n) is 13.7. The fourth-order valence-corrected chi connectivity index (χ4v) is 4.39. The van der Waals surface area contributed by atoms with Crippen molar-refractivity contribution in [2.45, 2.75) is 43.6 Å². The Balaban J connectivity index is 1.44. The fraction of sp³-hybridized carbons (Fsp3) is 0.389. The number of benzene rings is 1. The SMILES string of the molecule is O=C(NC1CC2CCC1N2)c1ccc(Oc2ccccc2C(F)(F)F)s1. The van der Waals surface area contributed by atoms with Gasteiger partial charge in [0, 0.05) is 18.1 Å². The predicted molar refractivity (Wildman–Crippen MR) is 91.7 cm³/mol. The number of hydrogen-bond acceptors (Lipinski definition) is 4. The van der Waals surface area contributed by atoms with Crippen molar-refractivity contribution in [2.75, 3.05) is 0 Å². The summed E-state index contributed by atoms with van der Waals surface area (Å²) >= 11 is 1.04. The number of para-hydroxylation sites is 1. The molecule has 0 spiro atoms. The van der Waals surface area contributed by atoms with E-state index in [1.807, 2.05) is 0 Å². The molecule has 0 aliphatic carbocycles. The minimum Gasteiger partial charge on any atom is -0.446 e. The molecule has 0 saturated carbocycles. The van der Waals surface area contributed by atoms with Crippen LogP contribution in [0.5, 0.6) is 10.8 Å². The van der Waals surface area contributed by atoms with E-state index in [2.05, 4.69) is 10.6 Å². The van der Waals surface area contributed by atoms with E-state index >= 15 is 0 Å². The van der Waals surface area contributed by atoms with Crippen molar-refractivity contribution in [3.05, 3.63) is 46.8 Å². The molecule has 0 radical (unpaired) electrons. The predicted octanol–water partition coefficient (Wildman–Crippen LogP) is 4.18. The van der Waals surface area contributed by atoms with Crippen molar-refractivity contribution in [1.82, 2.24) is 10.6 Å². The molecule has 2 aliphatic rings. The molecule has 1 aromatic heterocycles. The van der Waals surface area contributed by atoms with E-state index in [1.54, 1.807) is 6.07 Å². The Bertz CT molecular complexity index is 821. The largest absolute Gasteiger partial charge is 0.446 e. The van der Waals surface area contributed by atoms with Crippen LogP contribution in [-0.4, -0.2) is 24.0 Å². The Morgan fingerprint density at radius 1 is 1.19 bits per heavy atom. The molecule has 3 atom stereocenters. The lowest BCUT2D eigenvalue weighted by atomic mass is 9.95. The number of carbonyl (C=O) groups excluding carboxylic acids is 1. The molecule has 138 valence electrons. The van der Waals surface area contributed by atoms with E-state index in [4.69, 9.17) is 4.74 Å². The number of ether oxygens (including phenoxy) is 1. The first-order chi connectivity index (χ1) is 12.4. The van der Waals surface area contributed by atoms with Crippen molar-refractivity contribution in [1.29, 1.82) is 0 Å². The van der Waals surface area contributed by atoms with Gasteiger partial charge in [-0.25, -0.2) is 0 Å². The first kappa shape index (κ1) is 17.4. The van der Waals surface area contributed by atoms with Gasteiger partial charge in [0.05, 0.1) is 10.4 Å². The molecule has 2 N–H and O–H groups in total. The Morgan fingerprint density at radius 3 is 2.69 bits per heavy atom. The minimum absolute atomic E-state index is 0.110. The van der Waals surface area contributed by atoms with Gasteiger partial charge in [0.1, 0.15) is 5.75 Å². The minimum atomic E-state index is -4.50. The second-order valence-electron chi connectivity index (χ2n) is 6.58. The Kier molecular flexibility index (Phi) is 4.40. The Morgan fingerprint density at radius 2 is 2.00 bits per heavy atom. The molecular weight excluding hydrogens is 365 g/mol. The summed E-state index contributed by atoms with van der Waals surface area (Å²) in [7, 11) is 0. The maximum atomic E-state index is 13.0. The molecule has 3 unspecified atom stereocenters. The second-order valence-corrected chi connectivity index (χ2v) is 7.62. The number of thiophene rings is 1. The average molecular weight is 382 g/mol. The van der Waals surface area contributed by atoms with Crippen molar-refractivity contribution in [3.63, 3.8) is 0 Å². The van der Waals surface area contributed by atoms with Crippen molar-refractivity contribution >= 4 is 17.2 Å². The summed E-state index contributed by atoms with van der Waals surface area (Å²) < 4.78 is 44.5. The number of fused-ring (bicyclic) bond motifs is 2. The summed E-state index contributed by atoms with van der Waals surface area (Å²) in [4.78, 5) is 12.8. The smallest absolute Gasteiger partial charge is 0.419 e. The van der Waals surface area contributed by atoms with Gasteiger partial charge in [-0.1, -0.05) is 23.5 Å². The Hall–Kier alpha value is -2.06. The van der Waals surface area contributed by atoms with E-state index < -0.39 is 11.7 Å².